The predicted molar refractivity (Wildman–Crippen MR) is 76.7 cm³/mol. The molecule has 1 aliphatic heterocycles. The van der Waals surface area contributed by atoms with Crippen molar-refractivity contribution < 1.29 is 9.59 Å². The Kier molecular flexibility index (Phi) is 7.53. The number of hydrogen-bond donors (Lipinski definition) is 1. The first-order chi connectivity index (χ1) is 9.19. The molecule has 1 heterocycles. The topological polar surface area (TPSA) is 49.4 Å². The van der Waals surface area contributed by atoms with E-state index in [1.807, 2.05) is 4.90 Å². The molecule has 4 heteroatoms. The standard InChI is InChI=1S/C15H28N2O2/c1-3-5-7-14(18)17-11-8-13(9-12-17)15(19)16-10-6-4-2/h13H,3-12H2,1-2H3,(H,16,19). The zero-order chi connectivity index (χ0) is 14.1. The van der Waals surface area contributed by atoms with Crippen LogP contribution in [0.2, 0.25) is 0 Å². The zero-order valence-corrected chi connectivity index (χ0v) is 12.4. The van der Waals surface area contributed by atoms with Gasteiger partial charge in [-0.1, -0.05) is 26.7 Å². The number of carbonyl (C=O) groups is 2. The van der Waals surface area contributed by atoms with Crippen LogP contribution < -0.4 is 5.32 Å². The maximum atomic E-state index is 11.9. The van der Waals surface area contributed by atoms with Gasteiger partial charge in [-0.3, -0.25) is 9.59 Å². The van der Waals surface area contributed by atoms with E-state index in [4.69, 9.17) is 0 Å². The normalized spacial score (nSPS) is 16.4. The molecule has 1 saturated heterocycles. The van der Waals surface area contributed by atoms with Crippen LogP contribution in [0.5, 0.6) is 0 Å². The molecule has 1 aliphatic rings. The SMILES string of the molecule is CCCCNC(=O)C1CCN(C(=O)CCCC)CC1. The molecule has 0 unspecified atom stereocenters. The number of nitrogens with zero attached hydrogens (tertiary/aromatic N) is 1. The summed E-state index contributed by atoms with van der Waals surface area (Å²) < 4.78 is 0. The molecule has 0 atom stereocenters. The Morgan fingerprint density at radius 1 is 1.11 bits per heavy atom. The average molecular weight is 268 g/mol. The molecule has 0 aromatic heterocycles. The van der Waals surface area contributed by atoms with Crippen LogP contribution in [-0.4, -0.2) is 36.3 Å². The fourth-order valence-electron chi connectivity index (χ4n) is 2.41. The summed E-state index contributed by atoms with van der Waals surface area (Å²) in [6.45, 7) is 6.49. The van der Waals surface area contributed by atoms with Gasteiger partial charge in [0.15, 0.2) is 0 Å². The van der Waals surface area contributed by atoms with Crippen LogP contribution in [-0.2, 0) is 9.59 Å². The van der Waals surface area contributed by atoms with Crippen molar-refractivity contribution in [2.24, 2.45) is 5.92 Å². The summed E-state index contributed by atoms with van der Waals surface area (Å²) in [4.78, 5) is 25.7. The number of amides is 2. The van der Waals surface area contributed by atoms with Crippen LogP contribution >= 0.6 is 0 Å². The van der Waals surface area contributed by atoms with Gasteiger partial charge in [0.25, 0.3) is 0 Å². The smallest absolute Gasteiger partial charge is 0.223 e. The lowest BCUT2D eigenvalue weighted by molar-refractivity contribution is -0.135. The molecule has 0 aromatic rings. The highest BCUT2D eigenvalue weighted by molar-refractivity contribution is 5.80. The fraction of sp³-hybridized carbons (Fsp3) is 0.867. The first-order valence-corrected chi connectivity index (χ1v) is 7.74. The van der Waals surface area contributed by atoms with Crippen LogP contribution in [0.25, 0.3) is 0 Å². The van der Waals surface area contributed by atoms with Crippen molar-refractivity contribution in [1.82, 2.24) is 10.2 Å². The van der Waals surface area contributed by atoms with Crippen LogP contribution in [0, 0.1) is 5.92 Å². The predicted octanol–water partition coefficient (Wildman–Crippen LogP) is 2.33. The van der Waals surface area contributed by atoms with Gasteiger partial charge in [-0.25, -0.2) is 0 Å². The Balaban J connectivity index is 2.24. The molecule has 2 amide bonds. The summed E-state index contributed by atoms with van der Waals surface area (Å²) >= 11 is 0. The second-order valence-electron chi connectivity index (χ2n) is 5.40. The van der Waals surface area contributed by atoms with Gasteiger partial charge < -0.3 is 10.2 Å². The molecule has 1 fully saturated rings. The van der Waals surface area contributed by atoms with E-state index in [9.17, 15) is 9.59 Å². The van der Waals surface area contributed by atoms with Crippen molar-refractivity contribution in [2.75, 3.05) is 19.6 Å². The Morgan fingerprint density at radius 3 is 2.32 bits per heavy atom. The molecule has 1 N–H and O–H groups in total. The molecule has 0 aliphatic carbocycles. The maximum Gasteiger partial charge on any atom is 0.223 e. The maximum absolute atomic E-state index is 11.9. The first kappa shape index (κ1) is 16.0. The van der Waals surface area contributed by atoms with Crippen molar-refractivity contribution in [2.45, 2.75) is 58.8 Å². The van der Waals surface area contributed by atoms with Gasteiger partial charge >= 0.3 is 0 Å². The van der Waals surface area contributed by atoms with Gasteiger partial charge in [-0.2, -0.15) is 0 Å². The average Bonchev–Trinajstić information content (AvgIpc) is 2.45. The highest BCUT2D eigenvalue weighted by Gasteiger charge is 2.26. The largest absolute Gasteiger partial charge is 0.356 e. The van der Waals surface area contributed by atoms with Gasteiger partial charge in [0, 0.05) is 32.0 Å². The summed E-state index contributed by atoms with van der Waals surface area (Å²) in [5.74, 6) is 0.535. The third kappa shape index (κ3) is 5.62. The molecule has 19 heavy (non-hydrogen) atoms. The number of unbranched alkanes of at least 4 members (excludes halogenated alkanes) is 2. The quantitative estimate of drug-likeness (QED) is 0.720. The minimum absolute atomic E-state index is 0.104. The Morgan fingerprint density at radius 2 is 1.74 bits per heavy atom. The number of likely N-dealkylation sites (tertiary alicyclic amines) is 1. The van der Waals surface area contributed by atoms with E-state index >= 15 is 0 Å². The number of carbonyl (C=O) groups excluding carboxylic acids is 2. The minimum atomic E-state index is 0.104. The summed E-state index contributed by atoms with van der Waals surface area (Å²) in [5.41, 5.74) is 0. The molecule has 110 valence electrons. The first-order valence-electron chi connectivity index (χ1n) is 7.74. The number of rotatable bonds is 7. The summed E-state index contributed by atoms with van der Waals surface area (Å²) in [6, 6.07) is 0. The van der Waals surface area contributed by atoms with Crippen molar-refractivity contribution >= 4 is 11.8 Å². The molecular formula is C15H28N2O2. The molecule has 0 aromatic carbocycles. The monoisotopic (exact) mass is 268 g/mol. The second kappa shape index (κ2) is 8.94. The Labute approximate surface area is 116 Å². The van der Waals surface area contributed by atoms with Crippen LogP contribution in [0.15, 0.2) is 0 Å². The van der Waals surface area contributed by atoms with Crippen LogP contribution in [0.1, 0.15) is 58.8 Å². The van der Waals surface area contributed by atoms with E-state index in [2.05, 4.69) is 19.2 Å². The molecule has 1 rings (SSSR count). The summed E-state index contributed by atoms with van der Waals surface area (Å²) in [7, 11) is 0. The molecule has 0 radical (unpaired) electrons. The zero-order valence-electron chi connectivity index (χ0n) is 12.4. The lowest BCUT2D eigenvalue weighted by Crippen LogP contribution is -2.43. The van der Waals surface area contributed by atoms with Crippen molar-refractivity contribution in [1.29, 1.82) is 0 Å². The van der Waals surface area contributed by atoms with E-state index in [0.717, 1.165) is 58.2 Å². The Hall–Kier alpha value is -1.06. The second-order valence-corrected chi connectivity index (χ2v) is 5.40. The van der Waals surface area contributed by atoms with Crippen LogP contribution in [0.4, 0.5) is 0 Å². The Bertz CT molecular complexity index is 284. The number of piperidine rings is 1. The highest BCUT2D eigenvalue weighted by Crippen LogP contribution is 2.18. The van der Waals surface area contributed by atoms with E-state index in [1.165, 1.54) is 0 Å². The summed E-state index contributed by atoms with van der Waals surface area (Å²) in [6.07, 6.45) is 6.46. The van der Waals surface area contributed by atoms with Gasteiger partial charge in [0.05, 0.1) is 0 Å². The molecule has 0 spiro atoms. The molecule has 0 bridgehead atoms. The molecular weight excluding hydrogens is 240 g/mol. The van der Waals surface area contributed by atoms with Crippen molar-refractivity contribution in [3.05, 3.63) is 0 Å². The lowest BCUT2D eigenvalue weighted by atomic mass is 9.95. The van der Waals surface area contributed by atoms with Crippen molar-refractivity contribution in [3.63, 3.8) is 0 Å². The van der Waals surface area contributed by atoms with Gasteiger partial charge in [0.1, 0.15) is 0 Å². The summed E-state index contributed by atoms with van der Waals surface area (Å²) in [5, 5.41) is 2.99. The van der Waals surface area contributed by atoms with Gasteiger partial charge in [0.2, 0.25) is 11.8 Å². The van der Waals surface area contributed by atoms with Gasteiger partial charge in [-0.05, 0) is 25.7 Å². The third-order valence-corrected chi connectivity index (χ3v) is 3.79. The van der Waals surface area contributed by atoms with E-state index < -0.39 is 0 Å². The number of nitrogens with one attached hydrogen (secondary N) is 1. The third-order valence-electron chi connectivity index (χ3n) is 3.79. The van der Waals surface area contributed by atoms with E-state index in [-0.39, 0.29) is 17.7 Å². The molecule has 0 saturated carbocycles. The lowest BCUT2D eigenvalue weighted by Gasteiger charge is -2.31. The molecule has 4 nitrogen and oxygen atoms in total. The van der Waals surface area contributed by atoms with Crippen molar-refractivity contribution in [3.8, 4) is 0 Å². The van der Waals surface area contributed by atoms with E-state index in [0.29, 0.717) is 6.42 Å². The van der Waals surface area contributed by atoms with Gasteiger partial charge in [-0.15, -0.1) is 0 Å². The number of hydrogen-bond acceptors (Lipinski definition) is 2. The minimum Gasteiger partial charge on any atom is -0.356 e. The van der Waals surface area contributed by atoms with E-state index in [1.54, 1.807) is 0 Å². The fourth-order valence-corrected chi connectivity index (χ4v) is 2.41. The van der Waals surface area contributed by atoms with Crippen LogP contribution in [0.3, 0.4) is 0 Å². The highest BCUT2D eigenvalue weighted by atomic mass is 16.2.